The van der Waals surface area contributed by atoms with Crippen LogP contribution >= 0.6 is 0 Å². The quantitative estimate of drug-likeness (QED) is 0.561. The molecule has 0 unspecified atom stereocenters. The summed E-state index contributed by atoms with van der Waals surface area (Å²) in [4.78, 5) is 30.7. The van der Waals surface area contributed by atoms with Gasteiger partial charge in [-0.05, 0) is 11.6 Å². The van der Waals surface area contributed by atoms with E-state index >= 15 is 0 Å². The van der Waals surface area contributed by atoms with Gasteiger partial charge in [0.2, 0.25) is 11.8 Å². The van der Waals surface area contributed by atoms with E-state index in [-0.39, 0.29) is 35.6 Å². The highest BCUT2D eigenvalue weighted by atomic mass is 16.5. The number of methoxy groups -OCH3 is 3. The molecule has 0 fully saturated rings. The molecule has 0 N–H and O–H groups in total. The van der Waals surface area contributed by atoms with Crippen molar-refractivity contribution < 1.29 is 23.7 Å². The van der Waals surface area contributed by atoms with Crippen LogP contribution in [0.2, 0.25) is 0 Å². The molecule has 9 heteroatoms. The Bertz CT molecular complexity index is 728. The maximum Gasteiger partial charge on any atom is 0.342 e. The van der Waals surface area contributed by atoms with Crippen LogP contribution in [0, 0.1) is 4.91 Å². The second-order valence-corrected chi connectivity index (χ2v) is 4.41. The Hall–Kier alpha value is -3.23. The van der Waals surface area contributed by atoms with Gasteiger partial charge in [-0.2, -0.15) is 14.9 Å². The number of nitrogens with zero attached hydrogens (tertiary/aromatic N) is 3. The third kappa shape index (κ3) is 3.75. The molecule has 0 spiro atoms. The lowest BCUT2D eigenvalue weighted by atomic mass is 10.1. The van der Waals surface area contributed by atoms with Gasteiger partial charge in [-0.3, -0.25) is 0 Å². The first-order valence-corrected chi connectivity index (χ1v) is 6.77. The van der Waals surface area contributed by atoms with Crippen molar-refractivity contribution in [3.05, 3.63) is 40.3 Å². The van der Waals surface area contributed by atoms with Crippen molar-refractivity contribution >= 4 is 5.97 Å². The van der Waals surface area contributed by atoms with Crippen LogP contribution < -0.4 is 14.2 Å². The lowest BCUT2D eigenvalue weighted by Gasteiger charge is -2.12. The van der Waals surface area contributed by atoms with E-state index in [0.29, 0.717) is 5.56 Å². The van der Waals surface area contributed by atoms with Gasteiger partial charge in [-0.15, -0.1) is 0 Å². The molecule has 1 heterocycles. The van der Waals surface area contributed by atoms with Crippen LogP contribution in [0.5, 0.6) is 23.5 Å². The average molecular weight is 333 g/mol. The molecule has 126 valence electrons. The standard InChI is InChI=1S/C15H15N3O6/c1-21-11-7-12(22-2)18-15(17-11)24-10-6-4-5-9(8-16-20)13(10)14(19)23-3/h4-7H,8H2,1-3H3. The summed E-state index contributed by atoms with van der Waals surface area (Å²) in [6.45, 7) is -0.204. The van der Waals surface area contributed by atoms with E-state index in [1.165, 1.54) is 33.5 Å². The van der Waals surface area contributed by atoms with Crippen molar-refractivity contribution in [3.63, 3.8) is 0 Å². The van der Waals surface area contributed by atoms with Crippen LogP contribution in [-0.2, 0) is 11.3 Å². The van der Waals surface area contributed by atoms with Crippen LogP contribution in [0.3, 0.4) is 0 Å². The van der Waals surface area contributed by atoms with Crippen LogP contribution in [0.15, 0.2) is 29.4 Å². The predicted molar refractivity (Wildman–Crippen MR) is 82.5 cm³/mol. The zero-order valence-corrected chi connectivity index (χ0v) is 13.3. The minimum Gasteiger partial charge on any atom is -0.481 e. The molecule has 0 aliphatic carbocycles. The molecule has 0 saturated carbocycles. The highest BCUT2D eigenvalue weighted by Gasteiger charge is 2.20. The van der Waals surface area contributed by atoms with Crippen molar-refractivity contribution in [2.45, 2.75) is 6.54 Å². The molecule has 0 aliphatic heterocycles. The van der Waals surface area contributed by atoms with Crippen molar-refractivity contribution in [2.75, 3.05) is 21.3 Å². The molecule has 1 aromatic carbocycles. The van der Waals surface area contributed by atoms with Gasteiger partial charge in [0.05, 0.1) is 27.4 Å². The van der Waals surface area contributed by atoms with E-state index in [0.717, 1.165) is 0 Å². The second-order valence-electron chi connectivity index (χ2n) is 4.41. The molecule has 0 radical (unpaired) electrons. The maximum atomic E-state index is 12.0. The minimum atomic E-state index is -0.667. The number of hydrogen-bond acceptors (Lipinski definition) is 9. The summed E-state index contributed by atoms with van der Waals surface area (Å²) in [5.74, 6) is -0.0956. The van der Waals surface area contributed by atoms with Gasteiger partial charge in [0.25, 0.3) is 0 Å². The number of aromatic nitrogens is 2. The largest absolute Gasteiger partial charge is 0.481 e. The van der Waals surface area contributed by atoms with Crippen molar-refractivity contribution in [1.82, 2.24) is 9.97 Å². The molecule has 0 bridgehead atoms. The molecule has 0 atom stereocenters. The van der Waals surface area contributed by atoms with Gasteiger partial charge >= 0.3 is 12.0 Å². The van der Waals surface area contributed by atoms with Crippen molar-refractivity contribution in [3.8, 4) is 23.5 Å². The maximum absolute atomic E-state index is 12.0. The molecule has 0 saturated heterocycles. The van der Waals surface area contributed by atoms with Crippen molar-refractivity contribution in [2.24, 2.45) is 5.18 Å². The van der Waals surface area contributed by atoms with Crippen LogP contribution in [0.4, 0.5) is 0 Å². The smallest absolute Gasteiger partial charge is 0.342 e. The van der Waals surface area contributed by atoms with Crippen LogP contribution in [0.25, 0.3) is 0 Å². The topological polar surface area (TPSA) is 109 Å². The van der Waals surface area contributed by atoms with Gasteiger partial charge in [0, 0.05) is 0 Å². The molecular formula is C15H15N3O6. The molecule has 1 aromatic heterocycles. The van der Waals surface area contributed by atoms with E-state index in [4.69, 9.17) is 18.9 Å². The fourth-order valence-electron chi connectivity index (χ4n) is 1.93. The van der Waals surface area contributed by atoms with Gasteiger partial charge in [-0.1, -0.05) is 17.3 Å². The zero-order valence-electron chi connectivity index (χ0n) is 13.3. The highest BCUT2D eigenvalue weighted by molar-refractivity contribution is 5.94. The molecule has 2 rings (SSSR count). The number of rotatable bonds is 7. The number of ether oxygens (including phenoxy) is 4. The summed E-state index contributed by atoms with van der Waals surface area (Å²) in [7, 11) is 4.09. The fraction of sp³-hybridized carbons (Fsp3) is 0.267. The summed E-state index contributed by atoms with van der Waals surface area (Å²) >= 11 is 0. The fourth-order valence-corrected chi connectivity index (χ4v) is 1.93. The minimum absolute atomic E-state index is 0.0741. The number of benzene rings is 1. The van der Waals surface area contributed by atoms with E-state index in [9.17, 15) is 9.70 Å². The zero-order chi connectivity index (χ0) is 17.5. The first-order chi connectivity index (χ1) is 11.6. The summed E-state index contributed by atoms with van der Waals surface area (Å²) < 4.78 is 20.4. The summed E-state index contributed by atoms with van der Waals surface area (Å²) in [6, 6.07) is 6.09. The first-order valence-electron chi connectivity index (χ1n) is 6.77. The Kier molecular flexibility index (Phi) is 5.61. The Morgan fingerprint density at radius 3 is 2.33 bits per heavy atom. The number of carbonyl (C=O) groups excluding carboxylic acids is 1. The Labute approximate surface area is 137 Å². The van der Waals surface area contributed by atoms with Crippen LogP contribution in [0.1, 0.15) is 15.9 Å². The first kappa shape index (κ1) is 17.1. The van der Waals surface area contributed by atoms with Gasteiger partial charge < -0.3 is 18.9 Å². The van der Waals surface area contributed by atoms with Gasteiger partial charge in [0.1, 0.15) is 17.9 Å². The summed E-state index contributed by atoms with van der Waals surface area (Å²) in [5, 5.41) is 2.80. The molecule has 0 aliphatic rings. The van der Waals surface area contributed by atoms with E-state index in [1.807, 2.05) is 0 Å². The molecule has 24 heavy (non-hydrogen) atoms. The lowest BCUT2D eigenvalue weighted by molar-refractivity contribution is 0.0596. The number of hydrogen-bond donors (Lipinski definition) is 0. The normalized spacial score (nSPS) is 9.96. The Balaban J connectivity index is 2.47. The molecule has 9 nitrogen and oxygen atoms in total. The Morgan fingerprint density at radius 1 is 1.12 bits per heavy atom. The summed E-state index contributed by atoms with van der Waals surface area (Å²) in [5.41, 5.74) is 0.439. The molecule has 0 amide bonds. The van der Waals surface area contributed by atoms with E-state index in [1.54, 1.807) is 12.1 Å². The average Bonchev–Trinajstić information content (AvgIpc) is 2.61. The van der Waals surface area contributed by atoms with Gasteiger partial charge in [-0.25, -0.2) is 4.79 Å². The second kappa shape index (κ2) is 7.86. The predicted octanol–water partition coefficient (Wildman–Crippen LogP) is 2.34. The number of carbonyl (C=O) groups is 1. The number of nitroso groups, excluding NO2 is 1. The SMILES string of the molecule is COC(=O)c1c(CN=O)cccc1Oc1nc(OC)cc(OC)n1. The summed E-state index contributed by atoms with van der Waals surface area (Å²) in [6.07, 6.45) is 0. The van der Waals surface area contributed by atoms with Gasteiger partial charge in [0.15, 0.2) is 0 Å². The number of esters is 1. The highest BCUT2D eigenvalue weighted by Crippen LogP contribution is 2.29. The van der Waals surface area contributed by atoms with Crippen LogP contribution in [-0.4, -0.2) is 37.3 Å². The third-order valence-corrected chi connectivity index (χ3v) is 3.02. The monoisotopic (exact) mass is 333 g/mol. The van der Waals surface area contributed by atoms with E-state index in [2.05, 4.69) is 15.1 Å². The van der Waals surface area contributed by atoms with E-state index < -0.39 is 5.97 Å². The third-order valence-electron chi connectivity index (χ3n) is 3.02. The molecular weight excluding hydrogens is 318 g/mol. The lowest BCUT2D eigenvalue weighted by Crippen LogP contribution is -2.08. The van der Waals surface area contributed by atoms with Crippen molar-refractivity contribution in [1.29, 1.82) is 0 Å². The molecule has 2 aromatic rings. The Morgan fingerprint density at radius 2 is 1.79 bits per heavy atom.